The smallest absolute Gasteiger partial charge is 0.417 e. The molecular formula is C42H46F4N8O5S. The average Bonchev–Trinajstić information content (AvgIpc) is 3.35. The minimum Gasteiger partial charge on any atom is -0.492 e. The van der Waals surface area contributed by atoms with Crippen LogP contribution in [0, 0.1) is 17.1 Å². The second kappa shape index (κ2) is 17.5. The van der Waals surface area contributed by atoms with E-state index in [4.69, 9.17) is 17.0 Å². The number of piperidine rings is 1. The minimum atomic E-state index is -4.86. The van der Waals surface area contributed by atoms with E-state index in [1.54, 1.807) is 37.3 Å². The van der Waals surface area contributed by atoms with Crippen molar-refractivity contribution in [3.05, 3.63) is 77.1 Å². The zero-order chi connectivity index (χ0) is 43.7. The van der Waals surface area contributed by atoms with Gasteiger partial charge in [0.15, 0.2) is 10.9 Å². The Hall–Kier alpha value is -5.64. The van der Waals surface area contributed by atoms with E-state index in [1.165, 1.54) is 36.9 Å². The summed E-state index contributed by atoms with van der Waals surface area (Å²) in [6.45, 7) is 11.0. The van der Waals surface area contributed by atoms with E-state index in [0.717, 1.165) is 11.0 Å². The first-order valence-electron chi connectivity index (χ1n) is 19.6. The predicted octanol–water partition coefficient (Wildman–Crippen LogP) is 5.82. The quantitative estimate of drug-likeness (QED) is 0.115. The lowest BCUT2D eigenvalue weighted by atomic mass is 10.0. The average molecular weight is 851 g/mol. The Morgan fingerprint density at radius 1 is 1.05 bits per heavy atom. The molecule has 1 unspecified atom stereocenters. The number of nitriles is 1. The SMILES string of the molecule is CCc1c(OCCN2C[C@@H](C)N(CC(=O)Nc3cccc(NC4CCC(=O)NC4=O)c3)[C@@H](C)C2)ccc(N2C(=S)N(c3ccc(C#N)c(C(F)(F)F)c3)C(=O)C2(C)C)c1F. The number of halogens is 4. The van der Waals surface area contributed by atoms with Crippen LogP contribution >= 0.6 is 12.2 Å². The summed E-state index contributed by atoms with van der Waals surface area (Å²) in [5.41, 5.74) is -2.08. The van der Waals surface area contributed by atoms with E-state index >= 15 is 4.39 Å². The molecule has 3 aromatic carbocycles. The van der Waals surface area contributed by atoms with E-state index in [9.17, 15) is 37.6 Å². The molecule has 3 heterocycles. The lowest BCUT2D eigenvalue weighted by Crippen LogP contribution is -2.58. The fraction of sp³-hybridized carbons (Fsp3) is 0.429. The first-order chi connectivity index (χ1) is 28.3. The third-order valence-corrected chi connectivity index (χ3v) is 11.4. The summed E-state index contributed by atoms with van der Waals surface area (Å²) in [6, 6.07) is 14.0. The molecule has 0 spiro atoms. The van der Waals surface area contributed by atoms with Crippen LogP contribution in [0.2, 0.25) is 0 Å². The lowest BCUT2D eigenvalue weighted by molar-refractivity contribution is -0.138. The van der Waals surface area contributed by atoms with Gasteiger partial charge in [-0.15, -0.1) is 0 Å². The standard InChI is InChI=1S/C42H46F4N8O5S/c1-6-30-34(14-13-33(37(30)43)54-40(60)53(39(58)41(54,4)5)29-11-10-26(20-47)31(19-29)42(44,45)46)59-17-16-51-21-24(2)52(25(3)22-51)23-36(56)49-28-9-7-8-27(18-28)48-32-12-15-35(55)50-38(32)57/h7-11,13-14,18-19,24-25,32,48H,6,12,15-17,21-23H2,1-5H3,(H,49,56)(H,50,55,57)/t24-,25+,32?. The second-order valence-corrected chi connectivity index (χ2v) is 16.0. The molecule has 60 heavy (non-hydrogen) atoms. The fourth-order valence-electron chi connectivity index (χ4n) is 7.99. The number of ether oxygens (including phenoxy) is 1. The first-order valence-corrected chi connectivity index (χ1v) is 20.0. The van der Waals surface area contributed by atoms with Crippen LogP contribution in [0.3, 0.4) is 0 Å². The van der Waals surface area contributed by atoms with Gasteiger partial charge in [-0.1, -0.05) is 13.0 Å². The number of hydrogen-bond donors (Lipinski definition) is 3. The van der Waals surface area contributed by atoms with Crippen LogP contribution in [-0.4, -0.2) is 95.0 Å². The Kier molecular flexibility index (Phi) is 12.8. The van der Waals surface area contributed by atoms with E-state index in [1.807, 2.05) is 13.8 Å². The van der Waals surface area contributed by atoms with Crippen molar-refractivity contribution in [2.24, 2.45) is 0 Å². The first kappa shape index (κ1) is 43.9. The van der Waals surface area contributed by atoms with Gasteiger partial charge >= 0.3 is 6.18 Å². The van der Waals surface area contributed by atoms with E-state index in [0.29, 0.717) is 49.2 Å². The van der Waals surface area contributed by atoms with Crippen molar-refractivity contribution >= 4 is 63.7 Å². The highest BCUT2D eigenvalue weighted by molar-refractivity contribution is 7.81. The summed E-state index contributed by atoms with van der Waals surface area (Å²) >= 11 is 5.61. The highest BCUT2D eigenvalue weighted by atomic mass is 32.1. The maximum Gasteiger partial charge on any atom is 0.417 e. The molecule has 3 atom stereocenters. The third kappa shape index (κ3) is 9.08. The molecule has 0 saturated carbocycles. The van der Waals surface area contributed by atoms with Crippen LogP contribution in [0.15, 0.2) is 54.6 Å². The van der Waals surface area contributed by atoms with E-state index in [2.05, 4.69) is 25.8 Å². The fourth-order valence-corrected chi connectivity index (χ4v) is 8.50. The summed E-state index contributed by atoms with van der Waals surface area (Å²) in [4.78, 5) is 57.1. The Morgan fingerprint density at radius 2 is 1.75 bits per heavy atom. The molecule has 6 rings (SSSR count). The summed E-state index contributed by atoms with van der Waals surface area (Å²) in [5, 5.41) is 17.4. The summed E-state index contributed by atoms with van der Waals surface area (Å²) in [5.74, 6) is -1.92. The van der Waals surface area contributed by atoms with Crippen molar-refractivity contribution in [2.45, 2.75) is 83.7 Å². The lowest BCUT2D eigenvalue weighted by Gasteiger charge is -2.44. The van der Waals surface area contributed by atoms with Crippen LogP contribution < -0.4 is 30.5 Å². The van der Waals surface area contributed by atoms with Gasteiger partial charge in [-0.25, -0.2) is 4.39 Å². The second-order valence-electron chi connectivity index (χ2n) is 15.6. The van der Waals surface area contributed by atoms with Gasteiger partial charge in [0.25, 0.3) is 5.91 Å². The molecule has 0 bridgehead atoms. The van der Waals surface area contributed by atoms with Crippen LogP contribution in [0.1, 0.15) is 64.2 Å². The zero-order valence-corrected chi connectivity index (χ0v) is 34.6. The van der Waals surface area contributed by atoms with Crippen molar-refractivity contribution < 1.29 is 41.5 Å². The van der Waals surface area contributed by atoms with Gasteiger partial charge < -0.3 is 20.3 Å². The molecule has 0 aliphatic carbocycles. The number of carbonyl (C=O) groups excluding carboxylic acids is 4. The Balaban J connectivity index is 1.05. The van der Waals surface area contributed by atoms with E-state index in [-0.39, 0.29) is 77.8 Å². The number of benzene rings is 3. The number of carbonyl (C=O) groups is 4. The number of rotatable bonds is 12. The summed E-state index contributed by atoms with van der Waals surface area (Å²) in [6.07, 6.45) is -4.01. The van der Waals surface area contributed by atoms with Gasteiger partial charge in [0.2, 0.25) is 17.7 Å². The van der Waals surface area contributed by atoms with Gasteiger partial charge in [-0.3, -0.25) is 39.2 Å². The number of thiocarbonyl (C=S) groups is 1. The van der Waals surface area contributed by atoms with Crippen molar-refractivity contribution in [3.8, 4) is 11.8 Å². The van der Waals surface area contributed by atoms with E-state index < -0.39 is 40.6 Å². The molecule has 318 valence electrons. The highest BCUT2D eigenvalue weighted by Gasteiger charge is 2.51. The molecular weight excluding hydrogens is 805 g/mol. The molecule has 3 aromatic rings. The van der Waals surface area contributed by atoms with Crippen molar-refractivity contribution in [2.75, 3.05) is 53.2 Å². The molecule has 13 nitrogen and oxygen atoms in total. The third-order valence-electron chi connectivity index (χ3n) is 11.0. The normalized spacial score (nSPS) is 21.2. The van der Waals surface area contributed by atoms with Gasteiger partial charge in [-0.05, 0) is 101 Å². The number of hydrogen-bond acceptors (Lipinski definition) is 10. The zero-order valence-electron chi connectivity index (χ0n) is 33.8. The molecule has 0 aromatic heterocycles. The number of imide groups is 1. The minimum absolute atomic E-state index is 0.0159. The topological polar surface area (TPSA) is 150 Å². The van der Waals surface area contributed by atoms with Gasteiger partial charge in [0.05, 0.1) is 35.1 Å². The molecule has 3 aliphatic heterocycles. The van der Waals surface area contributed by atoms with Crippen LogP contribution in [0.25, 0.3) is 0 Å². The number of piperazine rings is 1. The number of nitrogens with zero attached hydrogens (tertiary/aromatic N) is 5. The Bertz CT molecular complexity index is 2240. The maximum atomic E-state index is 16.4. The molecule has 3 saturated heterocycles. The molecule has 0 radical (unpaired) electrons. The van der Waals surface area contributed by atoms with Crippen molar-refractivity contribution in [1.29, 1.82) is 5.26 Å². The number of nitrogens with one attached hydrogen (secondary N) is 3. The number of anilines is 4. The molecule has 3 fully saturated rings. The van der Waals surface area contributed by atoms with Crippen molar-refractivity contribution in [1.82, 2.24) is 15.1 Å². The number of alkyl halides is 3. The van der Waals surface area contributed by atoms with Crippen LogP contribution in [-0.2, 0) is 31.8 Å². The molecule has 4 amide bonds. The molecule has 3 N–H and O–H groups in total. The Morgan fingerprint density at radius 3 is 2.40 bits per heavy atom. The van der Waals surface area contributed by atoms with Gasteiger partial charge in [0, 0.05) is 55.1 Å². The molecule has 3 aliphatic rings. The van der Waals surface area contributed by atoms with Gasteiger partial charge in [0.1, 0.15) is 23.9 Å². The maximum absolute atomic E-state index is 16.4. The summed E-state index contributed by atoms with van der Waals surface area (Å²) in [7, 11) is 0. The van der Waals surface area contributed by atoms with Crippen LogP contribution in [0.4, 0.5) is 40.3 Å². The molecule has 18 heteroatoms. The highest BCUT2D eigenvalue weighted by Crippen LogP contribution is 2.42. The monoisotopic (exact) mass is 850 g/mol. The van der Waals surface area contributed by atoms with Crippen molar-refractivity contribution in [3.63, 3.8) is 0 Å². The van der Waals surface area contributed by atoms with Gasteiger partial charge in [-0.2, -0.15) is 18.4 Å². The largest absolute Gasteiger partial charge is 0.492 e. The predicted molar refractivity (Wildman–Crippen MR) is 221 cm³/mol. The Labute approximate surface area is 350 Å². The number of amides is 4. The van der Waals surface area contributed by atoms with Crippen LogP contribution in [0.5, 0.6) is 5.75 Å². The summed E-state index contributed by atoms with van der Waals surface area (Å²) < 4.78 is 63.9.